The number of thioether (sulfide) groups is 1. The van der Waals surface area contributed by atoms with Gasteiger partial charge in [0.25, 0.3) is 0 Å². The number of nitrogens with one attached hydrogen (secondary N) is 1. The predicted octanol–water partition coefficient (Wildman–Crippen LogP) is 3.25. The summed E-state index contributed by atoms with van der Waals surface area (Å²) in [7, 11) is 0. The van der Waals surface area contributed by atoms with Gasteiger partial charge in [0.15, 0.2) is 0 Å². The minimum absolute atomic E-state index is 0.0200. The van der Waals surface area contributed by atoms with Crippen LogP contribution in [0.4, 0.5) is 13.2 Å². The molecule has 0 bridgehead atoms. The van der Waals surface area contributed by atoms with Crippen LogP contribution in [0.15, 0.2) is 0 Å². The Morgan fingerprint density at radius 2 is 1.93 bits per heavy atom. The van der Waals surface area contributed by atoms with Gasteiger partial charge in [0.05, 0.1) is 0 Å². The maximum absolute atomic E-state index is 11.7. The SMILES string of the molecule is CC(C)C(CBr)NCCSC(F)(F)F. The molecule has 0 aromatic heterocycles. The smallest absolute Gasteiger partial charge is 0.312 e. The average Bonchev–Trinajstić information content (AvgIpc) is 2.01. The zero-order valence-corrected chi connectivity index (χ0v) is 10.6. The Morgan fingerprint density at radius 3 is 2.29 bits per heavy atom. The summed E-state index contributed by atoms with van der Waals surface area (Å²) in [5.74, 6) is 0.491. The first-order valence-corrected chi connectivity index (χ1v) is 6.47. The summed E-state index contributed by atoms with van der Waals surface area (Å²) >= 11 is 3.34. The van der Waals surface area contributed by atoms with Crippen molar-refractivity contribution in [2.75, 3.05) is 17.6 Å². The molecule has 0 heterocycles. The van der Waals surface area contributed by atoms with E-state index in [0.29, 0.717) is 12.5 Å². The van der Waals surface area contributed by atoms with Gasteiger partial charge >= 0.3 is 5.51 Å². The Morgan fingerprint density at radius 1 is 1.36 bits per heavy atom. The molecular formula is C8H15BrF3NS. The lowest BCUT2D eigenvalue weighted by Crippen LogP contribution is -2.36. The predicted molar refractivity (Wildman–Crippen MR) is 58.9 cm³/mol. The molecule has 0 aromatic rings. The number of hydrogen-bond donors (Lipinski definition) is 1. The molecule has 1 N–H and O–H groups in total. The lowest BCUT2D eigenvalue weighted by Gasteiger charge is -2.19. The van der Waals surface area contributed by atoms with Gasteiger partial charge in [0, 0.05) is 23.7 Å². The summed E-state index contributed by atoms with van der Waals surface area (Å²) < 4.78 is 35.2. The fourth-order valence-corrected chi connectivity index (χ4v) is 2.31. The highest BCUT2D eigenvalue weighted by Gasteiger charge is 2.27. The highest BCUT2D eigenvalue weighted by atomic mass is 79.9. The molecule has 0 radical (unpaired) electrons. The monoisotopic (exact) mass is 293 g/mol. The van der Waals surface area contributed by atoms with Crippen molar-refractivity contribution in [2.24, 2.45) is 5.92 Å². The van der Waals surface area contributed by atoms with Gasteiger partial charge in [-0.2, -0.15) is 13.2 Å². The Bertz CT molecular complexity index is 152. The van der Waals surface area contributed by atoms with E-state index in [1.54, 1.807) is 0 Å². The van der Waals surface area contributed by atoms with Gasteiger partial charge in [-0.15, -0.1) is 0 Å². The van der Waals surface area contributed by atoms with E-state index >= 15 is 0 Å². The van der Waals surface area contributed by atoms with Crippen LogP contribution in [-0.4, -0.2) is 29.2 Å². The van der Waals surface area contributed by atoms with Gasteiger partial charge < -0.3 is 5.32 Å². The van der Waals surface area contributed by atoms with E-state index < -0.39 is 5.51 Å². The highest BCUT2D eigenvalue weighted by Crippen LogP contribution is 2.29. The maximum Gasteiger partial charge on any atom is 0.441 e. The lowest BCUT2D eigenvalue weighted by atomic mass is 10.1. The van der Waals surface area contributed by atoms with E-state index in [1.165, 1.54) is 0 Å². The molecule has 0 saturated heterocycles. The quantitative estimate of drug-likeness (QED) is 0.596. The number of hydrogen-bond acceptors (Lipinski definition) is 2. The fraction of sp³-hybridized carbons (Fsp3) is 1.00. The van der Waals surface area contributed by atoms with Crippen LogP contribution in [0, 0.1) is 5.92 Å². The third-order valence-electron chi connectivity index (χ3n) is 1.75. The third-order valence-corrected chi connectivity index (χ3v) is 3.18. The first-order chi connectivity index (χ1) is 6.37. The summed E-state index contributed by atoms with van der Waals surface area (Å²) in [6.45, 7) is 4.46. The van der Waals surface area contributed by atoms with Crippen LogP contribution in [-0.2, 0) is 0 Å². The van der Waals surface area contributed by atoms with Crippen LogP contribution in [0.5, 0.6) is 0 Å². The van der Waals surface area contributed by atoms with Gasteiger partial charge in [-0.3, -0.25) is 0 Å². The van der Waals surface area contributed by atoms with Crippen molar-refractivity contribution in [2.45, 2.75) is 25.4 Å². The highest BCUT2D eigenvalue weighted by molar-refractivity contribution is 9.09. The minimum atomic E-state index is -4.11. The number of halogens is 4. The zero-order valence-electron chi connectivity index (χ0n) is 8.20. The molecule has 0 spiro atoms. The summed E-state index contributed by atoms with van der Waals surface area (Å²) in [6.07, 6.45) is 0. The Labute approximate surface area is 95.3 Å². The Kier molecular flexibility index (Phi) is 7.24. The molecule has 0 fully saturated rings. The van der Waals surface area contributed by atoms with Gasteiger partial charge in [-0.1, -0.05) is 29.8 Å². The van der Waals surface area contributed by atoms with Crippen LogP contribution in [0.1, 0.15) is 13.8 Å². The molecule has 1 nitrogen and oxygen atoms in total. The molecule has 86 valence electrons. The first-order valence-electron chi connectivity index (χ1n) is 4.37. The molecule has 0 aliphatic carbocycles. The normalized spacial score (nSPS) is 14.8. The summed E-state index contributed by atoms with van der Waals surface area (Å²) in [5, 5.41) is 3.84. The summed E-state index contributed by atoms with van der Waals surface area (Å²) in [4.78, 5) is 0. The molecule has 1 atom stereocenters. The number of alkyl halides is 4. The van der Waals surface area contributed by atoms with Crippen molar-refractivity contribution in [3.8, 4) is 0 Å². The van der Waals surface area contributed by atoms with Crippen LogP contribution in [0.25, 0.3) is 0 Å². The van der Waals surface area contributed by atoms with Gasteiger partial charge in [-0.05, 0) is 17.7 Å². The van der Waals surface area contributed by atoms with E-state index in [4.69, 9.17) is 0 Å². The molecule has 14 heavy (non-hydrogen) atoms. The Balaban J connectivity index is 3.52. The van der Waals surface area contributed by atoms with Gasteiger partial charge in [0.1, 0.15) is 0 Å². The van der Waals surface area contributed by atoms with Crippen molar-refractivity contribution in [3.63, 3.8) is 0 Å². The summed E-state index contributed by atoms with van der Waals surface area (Å²) in [5.41, 5.74) is -4.11. The van der Waals surface area contributed by atoms with Crippen LogP contribution in [0.2, 0.25) is 0 Å². The largest absolute Gasteiger partial charge is 0.441 e. The second-order valence-corrected chi connectivity index (χ2v) is 5.06. The standard InChI is InChI=1S/C8H15BrF3NS/c1-6(2)7(5-9)13-3-4-14-8(10,11)12/h6-7,13H,3-5H2,1-2H3. The van der Waals surface area contributed by atoms with Crippen molar-refractivity contribution in [1.29, 1.82) is 0 Å². The Hall–Kier alpha value is 0.580. The van der Waals surface area contributed by atoms with E-state index in [0.717, 1.165) is 5.33 Å². The second kappa shape index (κ2) is 6.95. The molecule has 0 rings (SSSR count). The molecule has 0 aromatic carbocycles. The third kappa shape index (κ3) is 7.94. The van der Waals surface area contributed by atoms with Crippen molar-refractivity contribution >= 4 is 27.7 Å². The van der Waals surface area contributed by atoms with Crippen molar-refractivity contribution in [3.05, 3.63) is 0 Å². The molecule has 0 aliphatic rings. The van der Waals surface area contributed by atoms with Gasteiger partial charge in [0.2, 0.25) is 0 Å². The van der Waals surface area contributed by atoms with Crippen LogP contribution < -0.4 is 5.32 Å². The fourth-order valence-electron chi connectivity index (χ4n) is 0.880. The number of rotatable bonds is 6. The van der Waals surface area contributed by atoms with Crippen molar-refractivity contribution in [1.82, 2.24) is 5.32 Å². The lowest BCUT2D eigenvalue weighted by molar-refractivity contribution is -0.0327. The average molecular weight is 294 g/mol. The molecular weight excluding hydrogens is 279 g/mol. The summed E-state index contributed by atoms with van der Waals surface area (Å²) in [6, 6.07) is 0.240. The van der Waals surface area contributed by atoms with Crippen LogP contribution in [0.3, 0.4) is 0 Å². The van der Waals surface area contributed by atoms with E-state index in [2.05, 4.69) is 21.2 Å². The topological polar surface area (TPSA) is 12.0 Å². The maximum atomic E-state index is 11.7. The van der Waals surface area contributed by atoms with Gasteiger partial charge in [-0.25, -0.2) is 0 Å². The molecule has 0 amide bonds. The van der Waals surface area contributed by atoms with E-state index in [-0.39, 0.29) is 23.6 Å². The van der Waals surface area contributed by atoms with Crippen molar-refractivity contribution < 1.29 is 13.2 Å². The molecule has 0 saturated carbocycles. The minimum Gasteiger partial charge on any atom is -0.312 e. The molecule has 6 heteroatoms. The molecule has 1 unspecified atom stereocenters. The zero-order chi connectivity index (χ0) is 11.2. The second-order valence-electron chi connectivity index (χ2n) is 3.25. The van der Waals surface area contributed by atoms with E-state index in [1.807, 2.05) is 13.8 Å². The molecule has 0 aliphatic heterocycles. The first kappa shape index (κ1) is 14.6. The van der Waals surface area contributed by atoms with E-state index in [9.17, 15) is 13.2 Å². The van der Waals surface area contributed by atoms with Crippen LogP contribution >= 0.6 is 27.7 Å².